The smallest absolute Gasteiger partial charge is 0.0964 e. The van der Waals surface area contributed by atoms with E-state index in [2.05, 4.69) is 140 Å². The number of hydrogen-bond acceptors (Lipinski definition) is 4. The molecule has 48 heavy (non-hydrogen) atoms. The zero-order valence-electron chi connectivity index (χ0n) is 30.4. The molecule has 2 unspecified atom stereocenters. The van der Waals surface area contributed by atoms with Crippen LogP contribution in [0.25, 0.3) is 32.4 Å². The summed E-state index contributed by atoms with van der Waals surface area (Å²) in [6.45, 7) is 22.6. The number of para-hydroxylation sites is 2. The molecular formula is C41H52N4O2U. The third-order valence-electron chi connectivity index (χ3n) is 8.41. The third-order valence-corrected chi connectivity index (χ3v) is 8.41. The van der Waals surface area contributed by atoms with Gasteiger partial charge in [0.25, 0.3) is 0 Å². The van der Waals surface area contributed by atoms with Gasteiger partial charge in [0.15, 0.2) is 0 Å². The zero-order chi connectivity index (χ0) is 35.4. The molecule has 0 amide bonds. The number of nitrogens with zero attached hydrogens (tertiary/aromatic N) is 4. The average Bonchev–Trinajstić information content (AvgIpc) is 3.05. The van der Waals surface area contributed by atoms with Gasteiger partial charge in [0.2, 0.25) is 0 Å². The first-order valence-corrected chi connectivity index (χ1v) is 20.5. The summed E-state index contributed by atoms with van der Waals surface area (Å²) in [4.78, 5) is 8.69. The Hall–Kier alpha value is -3.27. The summed E-state index contributed by atoms with van der Waals surface area (Å²) in [6.07, 6.45) is 4.56. The number of hydrogen-bond donors (Lipinski definition) is 0. The van der Waals surface area contributed by atoms with Crippen molar-refractivity contribution in [1.29, 1.82) is 0 Å². The summed E-state index contributed by atoms with van der Waals surface area (Å²) in [5.74, 6) is 1.88. The zero-order valence-corrected chi connectivity index (χ0v) is 34.5. The Morgan fingerprint density at radius 1 is 0.500 bits per heavy atom. The molecule has 0 fully saturated rings. The van der Waals surface area contributed by atoms with Crippen molar-refractivity contribution in [3.63, 3.8) is 0 Å². The predicted molar refractivity (Wildman–Crippen MR) is 197 cm³/mol. The number of benzene rings is 3. The van der Waals surface area contributed by atoms with Gasteiger partial charge in [-0.05, 0) is 35.8 Å². The fourth-order valence-corrected chi connectivity index (χ4v) is 6.04. The van der Waals surface area contributed by atoms with E-state index in [-0.39, 0.29) is 12.1 Å². The van der Waals surface area contributed by atoms with Crippen LogP contribution in [-0.4, -0.2) is 22.1 Å². The van der Waals surface area contributed by atoms with Gasteiger partial charge in [0, 0.05) is 23.2 Å². The second-order valence-corrected chi connectivity index (χ2v) is 14.4. The van der Waals surface area contributed by atoms with Crippen LogP contribution in [0.4, 0.5) is 11.4 Å². The van der Waals surface area contributed by atoms with E-state index in [1.165, 1.54) is 33.6 Å². The number of pyridine rings is 2. The molecule has 3 aromatic carbocycles. The van der Waals surface area contributed by atoms with Gasteiger partial charge >= 0.3 is 32.3 Å². The van der Waals surface area contributed by atoms with Gasteiger partial charge in [-0.25, -0.2) is 0 Å². The molecule has 2 atom stereocenters. The minimum absolute atomic E-state index is 0.227. The molecule has 0 N–H and O–H groups in total. The number of rotatable bonds is 10. The summed E-state index contributed by atoms with van der Waals surface area (Å²) in [7, 11) is 0. The molecule has 2 aromatic heterocycles. The molecule has 5 aromatic rings. The fourth-order valence-electron chi connectivity index (χ4n) is 6.04. The van der Waals surface area contributed by atoms with E-state index in [1.807, 2.05) is 12.1 Å². The molecule has 0 radical (unpaired) electrons. The Bertz CT molecular complexity index is 1620. The SMILES string of the molecule is CC(CC(C)[N-]c1c(C(C)C)cccc1C(C)C)[N-]c1c(C(C)C)cccc1C(C)C.[O]=[U+2]=[O].c1cnc2c(c1)ccc1cccnc12. The molecule has 7 heteroatoms. The fraction of sp³-hybridized carbons (Fsp3) is 0.415. The van der Waals surface area contributed by atoms with Crippen LogP contribution in [0, 0.1) is 27.8 Å². The number of aromatic nitrogens is 2. The Labute approximate surface area is 303 Å². The van der Waals surface area contributed by atoms with Crippen LogP contribution in [-0.2, 0) is 4.47 Å². The van der Waals surface area contributed by atoms with E-state index in [0.717, 1.165) is 28.2 Å². The Balaban J connectivity index is 0.000000300. The summed E-state index contributed by atoms with van der Waals surface area (Å²) < 4.78 is 17.2. The summed E-state index contributed by atoms with van der Waals surface area (Å²) in [5.41, 5.74) is 9.79. The predicted octanol–water partition coefficient (Wildman–Crippen LogP) is 12.6. The molecule has 0 saturated carbocycles. The molecule has 2 heterocycles. The summed E-state index contributed by atoms with van der Waals surface area (Å²) in [5, 5.41) is 12.8. The van der Waals surface area contributed by atoms with Crippen molar-refractivity contribution in [1.82, 2.24) is 9.97 Å². The molecular weight excluding hydrogens is 819 g/mol. The quantitative estimate of drug-likeness (QED) is 0.131. The second-order valence-electron chi connectivity index (χ2n) is 13.7. The van der Waals surface area contributed by atoms with Crippen LogP contribution in [0.2, 0.25) is 0 Å². The second kappa shape index (κ2) is 19.1. The number of fused-ring (bicyclic) bond motifs is 3. The van der Waals surface area contributed by atoms with Crippen LogP contribution in [0.5, 0.6) is 0 Å². The maximum Gasteiger partial charge on any atom is 0.0964 e. The first-order chi connectivity index (χ1) is 22.9. The van der Waals surface area contributed by atoms with Crippen LogP contribution in [0.15, 0.2) is 85.2 Å². The minimum Gasteiger partial charge on any atom is -0.254 e. The Morgan fingerprint density at radius 2 is 0.812 bits per heavy atom. The van der Waals surface area contributed by atoms with E-state index in [0.29, 0.717) is 23.7 Å². The molecule has 5 rings (SSSR count). The van der Waals surface area contributed by atoms with Crippen molar-refractivity contribution in [3.8, 4) is 0 Å². The summed E-state index contributed by atoms with van der Waals surface area (Å²) in [6, 6.07) is 25.9. The van der Waals surface area contributed by atoms with Crippen molar-refractivity contribution >= 4 is 33.2 Å². The van der Waals surface area contributed by atoms with Gasteiger partial charge < -0.3 is 10.6 Å². The van der Waals surface area contributed by atoms with Gasteiger partial charge in [-0.1, -0.05) is 159 Å². The van der Waals surface area contributed by atoms with E-state index in [9.17, 15) is 0 Å². The Morgan fingerprint density at radius 3 is 1.10 bits per heavy atom. The van der Waals surface area contributed by atoms with Crippen molar-refractivity contribution in [2.75, 3.05) is 0 Å². The maximum atomic E-state index is 8.58. The molecule has 0 spiro atoms. The normalized spacial score (nSPS) is 12.3. The summed E-state index contributed by atoms with van der Waals surface area (Å²) >= 11 is -2.51. The topological polar surface area (TPSA) is 88.1 Å². The first kappa shape index (κ1) is 39.2. The maximum absolute atomic E-state index is 8.58. The van der Waals surface area contributed by atoms with E-state index < -0.39 is 27.8 Å². The minimum atomic E-state index is -2.51. The van der Waals surface area contributed by atoms with Crippen LogP contribution >= 0.6 is 0 Å². The molecule has 6 nitrogen and oxygen atoms in total. The Kier molecular flexibility index (Phi) is 15.6. The van der Waals surface area contributed by atoms with Crippen LogP contribution in [0.1, 0.15) is 122 Å². The van der Waals surface area contributed by atoms with E-state index in [4.69, 9.17) is 15.1 Å². The van der Waals surface area contributed by atoms with Gasteiger partial charge in [0.1, 0.15) is 0 Å². The molecule has 0 aliphatic heterocycles. The molecule has 0 saturated heterocycles. The van der Waals surface area contributed by atoms with Gasteiger partial charge in [-0.15, -0.1) is 23.5 Å². The van der Waals surface area contributed by atoms with E-state index >= 15 is 0 Å². The van der Waals surface area contributed by atoms with Crippen molar-refractivity contribution in [3.05, 3.63) is 118 Å². The monoisotopic (exact) mass is 870 g/mol. The van der Waals surface area contributed by atoms with Crippen molar-refractivity contribution in [2.45, 2.75) is 111 Å². The van der Waals surface area contributed by atoms with Crippen LogP contribution in [0.3, 0.4) is 0 Å². The van der Waals surface area contributed by atoms with Crippen molar-refractivity contribution < 1.29 is 32.3 Å². The van der Waals surface area contributed by atoms with Gasteiger partial charge in [-0.3, -0.25) is 9.97 Å². The van der Waals surface area contributed by atoms with E-state index in [1.54, 1.807) is 12.4 Å². The largest absolute Gasteiger partial charge is 0.254 e. The van der Waals surface area contributed by atoms with Crippen LogP contribution < -0.4 is 0 Å². The molecule has 0 aliphatic rings. The van der Waals surface area contributed by atoms with Gasteiger partial charge in [-0.2, -0.15) is 0 Å². The molecule has 0 aliphatic carbocycles. The third kappa shape index (κ3) is 10.6. The standard InChI is InChI=1S/C29H44N2.C12H8N2.2O.U/c1-18(2)24-13-11-14-25(19(3)4)28(24)30-22(9)17-23(10)31-29-26(20(5)6)15-12-16-27(29)21(7)8;1-3-9-5-6-10-4-2-8-14-12(10)11(9)13-7-1;;;/h11-16,18-23H,17H2,1-10H3;1-8H;;;/q-2;;;;+2. The molecule has 0 bridgehead atoms. The average molecular weight is 871 g/mol. The van der Waals surface area contributed by atoms with Crippen molar-refractivity contribution in [2.24, 2.45) is 0 Å². The van der Waals surface area contributed by atoms with Gasteiger partial charge in [0.05, 0.1) is 11.0 Å². The molecule has 252 valence electrons. The first-order valence-electron chi connectivity index (χ1n) is 17.1.